The highest BCUT2D eigenvalue weighted by Gasteiger charge is 2.32. The molecule has 2 fully saturated rings. The van der Waals surface area contributed by atoms with E-state index in [2.05, 4.69) is 9.89 Å². The summed E-state index contributed by atoms with van der Waals surface area (Å²) in [6.07, 6.45) is 4.42. The van der Waals surface area contributed by atoms with Gasteiger partial charge < -0.3 is 14.9 Å². The molecule has 2 atom stereocenters. The molecule has 9 heteroatoms. The molecule has 1 amide bonds. The molecule has 162 valence electrons. The minimum absolute atomic E-state index is 0.0426. The van der Waals surface area contributed by atoms with Gasteiger partial charge in [0.05, 0.1) is 36.1 Å². The maximum absolute atomic E-state index is 13.1. The number of anilines is 1. The van der Waals surface area contributed by atoms with Crippen molar-refractivity contribution in [3.05, 3.63) is 45.9 Å². The molecule has 0 bridgehead atoms. The maximum Gasteiger partial charge on any atom is 0.255 e. The average Bonchev–Trinajstić information content (AvgIpc) is 3.52. The molecule has 0 saturated carbocycles. The molecule has 2 aliphatic heterocycles. The summed E-state index contributed by atoms with van der Waals surface area (Å²) in [4.78, 5) is 26.1. The van der Waals surface area contributed by atoms with Crippen molar-refractivity contribution in [1.29, 1.82) is 0 Å². The Hall–Kier alpha value is -2.78. The number of thiophene rings is 1. The zero-order valence-corrected chi connectivity index (χ0v) is 18.5. The molecule has 2 saturated heterocycles. The Labute approximate surface area is 184 Å². The number of β-amino-alcohol motifs (C(OH)–C–C–N with tert-alkyl or cyclic N) is 1. The van der Waals surface area contributed by atoms with Crippen LogP contribution in [0.15, 0.2) is 34.1 Å². The number of piperidine rings is 1. The van der Waals surface area contributed by atoms with Gasteiger partial charge in [0.2, 0.25) is 0 Å². The molecule has 0 radical (unpaired) electrons. The summed E-state index contributed by atoms with van der Waals surface area (Å²) in [7, 11) is 1.71. The van der Waals surface area contributed by atoms with Crippen molar-refractivity contribution in [3.63, 3.8) is 0 Å². The largest absolute Gasteiger partial charge is 0.385 e. The molecule has 31 heavy (non-hydrogen) atoms. The van der Waals surface area contributed by atoms with Gasteiger partial charge in [-0.2, -0.15) is 16.4 Å². The van der Waals surface area contributed by atoms with Gasteiger partial charge in [-0.25, -0.2) is 9.50 Å². The predicted molar refractivity (Wildman–Crippen MR) is 121 cm³/mol. The Morgan fingerprint density at radius 1 is 1.35 bits per heavy atom. The van der Waals surface area contributed by atoms with Crippen LogP contribution in [0.25, 0.3) is 5.65 Å². The highest BCUT2D eigenvalue weighted by atomic mass is 32.1. The third-order valence-electron chi connectivity index (χ3n) is 6.21. The number of nitrogens with zero attached hydrogens (tertiary/aromatic N) is 6. The second-order valence-electron chi connectivity index (χ2n) is 8.25. The molecule has 2 aliphatic rings. The first-order valence-electron chi connectivity index (χ1n) is 10.6. The minimum atomic E-state index is -0.554. The van der Waals surface area contributed by atoms with Gasteiger partial charge >= 0.3 is 0 Å². The number of amides is 1. The fourth-order valence-corrected chi connectivity index (χ4v) is 5.23. The SMILES string of the molecule is C/N=C1\CN(c2nc3cc([C@@H]4CCCCN4C(=O)c4ccsc4)nn3cc2C)C[C@@H]1O. The second-order valence-corrected chi connectivity index (χ2v) is 9.03. The lowest BCUT2D eigenvalue weighted by molar-refractivity contribution is 0.0606. The molecule has 0 unspecified atom stereocenters. The Balaban J connectivity index is 1.47. The summed E-state index contributed by atoms with van der Waals surface area (Å²) in [5, 5.41) is 18.9. The van der Waals surface area contributed by atoms with Gasteiger partial charge in [0.15, 0.2) is 5.65 Å². The van der Waals surface area contributed by atoms with Crippen LogP contribution in [-0.2, 0) is 0 Å². The van der Waals surface area contributed by atoms with Gasteiger partial charge in [0.25, 0.3) is 5.91 Å². The fraction of sp³-hybridized carbons (Fsp3) is 0.455. The Kier molecular flexibility index (Phi) is 5.23. The first-order valence-corrected chi connectivity index (χ1v) is 11.6. The molecule has 3 aromatic rings. The van der Waals surface area contributed by atoms with E-state index in [-0.39, 0.29) is 11.9 Å². The highest BCUT2D eigenvalue weighted by molar-refractivity contribution is 7.08. The number of fused-ring (bicyclic) bond motifs is 1. The van der Waals surface area contributed by atoms with Crippen LogP contribution in [0, 0.1) is 6.92 Å². The number of rotatable bonds is 3. The van der Waals surface area contributed by atoms with Crippen LogP contribution in [0.3, 0.4) is 0 Å². The van der Waals surface area contributed by atoms with Crippen molar-refractivity contribution >= 4 is 34.4 Å². The summed E-state index contributed by atoms with van der Waals surface area (Å²) in [5.74, 6) is 0.914. The lowest BCUT2D eigenvalue weighted by Gasteiger charge is -2.34. The van der Waals surface area contributed by atoms with Gasteiger partial charge in [-0.15, -0.1) is 0 Å². The van der Waals surface area contributed by atoms with Crippen LogP contribution in [0.4, 0.5) is 5.82 Å². The number of aliphatic hydroxyl groups excluding tert-OH is 1. The summed E-state index contributed by atoms with van der Waals surface area (Å²) in [6.45, 7) is 3.82. The van der Waals surface area contributed by atoms with Crippen molar-refractivity contribution < 1.29 is 9.90 Å². The molecule has 0 aliphatic carbocycles. The topological polar surface area (TPSA) is 86.3 Å². The monoisotopic (exact) mass is 438 g/mol. The van der Waals surface area contributed by atoms with E-state index in [1.54, 1.807) is 22.9 Å². The number of hydrogen-bond acceptors (Lipinski definition) is 7. The molecule has 0 spiro atoms. The van der Waals surface area contributed by atoms with Gasteiger partial charge in [-0.1, -0.05) is 0 Å². The van der Waals surface area contributed by atoms with Crippen molar-refractivity contribution in [2.24, 2.45) is 4.99 Å². The van der Waals surface area contributed by atoms with Crippen LogP contribution in [-0.4, -0.2) is 69.0 Å². The molecule has 3 aromatic heterocycles. The van der Waals surface area contributed by atoms with E-state index in [1.807, 2.05) is 40.9 Å². The molecular weight excluding hydrogens is 412 g/mol. The molecule has 8 nitrogen and oxygen atoms in total. The molecule has 0 aromatic carbocycles. The summed E-state index contributed by atoms with van der Waals surface area (Å²) < 4.78 is 1.80. The normalized spacial score (nSPS) is 23.3. The Morgan fingerprint density at radius 2 is 2.23 bits per heavy atom. The number of likely N-dealkylation sites (tertiary alicyclic amines) is 1. The number of aryl methyl sites for hydroxylation is 1. The summed E-state index contributed by atoms with van der Waals surface area (Å²) in [5.41, 5.74) is 4.14. The number of aromatic nitrogens is 3. The molecular formula is C22H26N6O2S. The zero-order valence-electron chi connectivity index (χ0n) is 17.7. The van der Waals surface area contributed by atoms with E-state index < -0.39 is 6.10 Å². The number of carbonyl (C=O) groups is 1. The Morgan fingerprint density at radius 3 is 2.97 bits per heavy atom. The van der Waals surface area contributed by atoms with Crippen LogP contribution < -0.4 is 4.90 Å². The van der Waals surface area contributed by atoms with Crippen LogP contribution in [0.2, 0.25) is 0 Å². The first kappa shape index (κ1) is 20.1. The lowest BCUT2D eigenvalue weighted by Crippen LogP contribution is -2.38. The van der Waals surface area contributed by atoms with E-state index in [0.29, 0.717) is 13.1 Å². The summed E-state index contributed by atoms with van der Waals surface area (Å²) in [6, 6.07) is 3.84. The van der Waals surface area contributed by atoms with Crippen molar-refractivity contribution in [2.45, 2.75) is 38.3 Å². The minimum Gasteiger partial charge on any atom is -0.385 e. The number of carbonyl (C=O) groups excluding carboxylic acids is 1. The highest BCUT2D eigenvalue weighted by Crippen LogP contribution is 2.33. The van der Waals surface area contributed by atoms with Crippen LogP contribution in [0.1, 0.15) is 46.9 Å². The van der Waals surface area contributed by atoms with Crippen LogP contribution in [0.5, 0.6) is 0 Å². The van der Waals surface area contributed by atoms with Crippen molar-refractivity contribution in [2.75, 3.05) is 31.6 Å². The Bertz CT molecular complexity index is 1140. The van der Waals surface area contributed by atoms with Gasteiger partial charge in [-0.3, -0.25) is 9.79 Å². The zero-order chi connectivity index (χ0) is 21.5. The standard InChI is InChI=1S/C22H26N6O2S/c1-14-10-28-20(24-21(14)26-11-17(23-2)19(29)12-26)9-16(25-28)18-5-3-4-7-27(18)22(30)15-6-8-31-13-15/h6,8-10,13,18-19,29H,3-5,7,11-12H2,1-2H3/b23-17+/t18-,19-/m0/s1. The number of aliphatic imine (C=N–C) groups is 1. The van der Waals surface area contributed by atoms with E-state index in [0.717, 1.165) is 59.8 Å². The van der Waals surface area contributed by atoms with Crippen LogP contribution >= 0.6 is 11.3 Å². The van der Waals surface area contributed by atoms with Crippen molar-refractivity contribution in [1.82, 2.24) is 19.5 Å². The van der Waals surface area contributed by atoms with E-state index in [4.69, 9.17) is 10.1 Å². The van der Waals surface area contributed by atoms with Gasteiger partial charge in [0, 0.05) is 36.8 Å². The number of aliphatic hydroxyl groups is 1. The quantitative estimate of drug-likeness (QED) is 0.680. The van der Waals surface area contributed by atoms with Crippen molar-refractivity contribution in [3.8, 4) is 0 Å². The summed E-state index contributed by atoms with van der Waals surface area (Å²) >= 11 is 1.54. The van der Waals surface area contributed by atoms with E-state index in [9.17, 15) is 9.90 Å². The fourth-order valence-electron chi connectivity index (χ4n) is 4.60. The maximum atomic E-state index is 13.1. The molecule has 1 N–H and O–H groups in total. The van der Waals surface area contributed by atoms with E-state index >= 15 is 0 Å². The third-order valence-corrected chi connectivity index (χ3v) is 6.90. The average molecular weight is 439 g/mol. The third kappa shape index (κ3) is 3.61. The number of hydrogen-bond donors (Lipinski definition) is 1. The second kappa shape index (κ2) is 8.05. The lowest BCUT2D eigenvalue weighted by atomic mass is 9.98. The smallest absolute Gasteiger partial charge is 0.255 e. The van der Waals surface area contributed by atoms with Gasteiger partial charge in [-0.05, 0) is 37.6 Å². The first-order chi connectivity index (χ1) is 15.0. The van der Waals surface area contributed by atoms with E-state index in [1.165, 1.54) is 0 Å². The molecule has 5 heterocycles. The predicted octanol–water partition coefficient (Wildman–Crippen LogP) is 2.72. The molecule has 5 rings (SSSR count). The van der Waals surface area contributed by atoms with Gasteiger partial charge in [0.1, 0.15) is 11.9 Å².